The van der Waals surface area contributed by atoms with Gasteiger partial charge in [-0.05, 0) is 31.3 Å². The molecule has 0 aliphatic heterocycles. The predicted octanol–water partition coefficient (Wildman–Crippen LogP) is 3.05. The number of halogens is 2. The van der Waals surface area contributed by atoms with Crippen molar-refractivity contribution in [3.8, 4) is 0 Å². The van der Waals surface area contributed by atoms with E-state index in [0.717, 1.165) is 37.2 Å². The van der Waals surface area contributed by atoms with Gasteiger partial charge in [0.25, 0.3) is 5.91 Å². The van der Waals surface area contributed by atoms with Gasteiger partial charge in [-0.2, -0.15) is 4.37 Å². The van der Waals surface area contributed by atoms with Crippen molar-refractivity contribution in [2.24, 2.45) is 0 Å². The van der Waals surface area contributed by atoms with Crippen molar-refractivity contribution in [2.75, 3.05) is 0 Å². The maximum Gasteiger partial charge on any atom is 0.360 e. The number of hydrogen-bond donors (Lipinski definition) is 1. The molecule has 0 radical (unpaired) electrons. The van der Waals surface area contributed by atoms with Crippen LogP contribution in [0, 0.1) is 0 Å². The van der Waals surface area contributed by atoms with Crippen LogP contribution in [0.25, 0.3) is 0 Å². The molecule has 1 aliphatic rings. The normalized spacial score (nSPS) is 16.9. The Morgan fingerprint density at radius 1 is 1.40 bits per heavy atom. The van der Waals surface area contributed by atoms with Crippen molar-refractivity contribution in [3.05, 3.63) is 15.1 Å². The van der Waals surface area contributed by atoms with Crippen molar-refractivity contribution in [1.29, 1.82) is 0 Å². The van der Waals surface area contributed by atoms with Crippen LogP contribution in [0.5, 0.6) is 0 Å². The molecular weight excluding hydrogens is 323 g/mol. The summed E-state index contributed by atoms with van der Waals surface area (Å²) in [6.45, 7) is 1.52. The Hall–Kier alpha value is -0.850. The zero-order chi connectivity index (χ0) is 14.7. The van der Waals surface area contributed by atoms with E-state index in [1.807, 2.05) is 0 Å². The first-order chi connectivity index (χ1) is 9.49. The number of carbonyl (C=O) groups is 2. The first-order valence-corrected chi connectivity index (χ1v) is 7.84. The molecule has 1 aliphatic carbocycles. The second-order valence-corrected chi connectivity index (χ2v) is 6.41. The lowest BCUT2D eigenvalue weighted by molar-refractivity contribution is -0.129. The summed E-state index contributed by atoms with van der Waals surface area (Å²) in [7, 11) is 0. The molecule has 1 aromatic heterocycles. The van der Waals surface area contributed by atoms with Gasteiger partial charge < -0.3 is 10.1 Å². The highest BCUT2D eigenvalue weighted by molar-refractivity contribution is 7.11. The van der Waals surface area contributed by atoms with Gasteiger partial charge in [-0.15, -0.1) is 0 Å². The number of ether oxygens (including phenoxy) is 1. The number of nitrogens with zero attached hydrogens (tertiary/aromatic N) is 1. The Bertz CT molecular complexity index is 515. The van der Waals surface area contributed by atoms with Crippen molar-refractivity contribution < 1.29 is 14.3 Å². The molecule has 1 heterocycles. The summed E-state index contributed by atoms with van der Waals surface area (Å²) >= 11 is 12.4. The summed E-state index contributed by atoms with van der Waals surface area (Å²) in [6.07, 6.45) is 3.29. The molecule has 1 N–H and O–H groups in total. The third-order valence-electron chi connectivity index (χ3n) is 3.15. The maximum absolute atomic E-state index is 11.9. The monoisotopic (exact) mass is 336 g/mol. The molecule has 1 saturated carbocycles. The van der Waals surface area contributed by atoms with Crippen LogP contribution in [0.4, 0.5) is 0 Å². The second-order valence-electron chi connectivity index (χ2n) is 4.66. The van der Waals surface area contributed by atoms with Crippen LogP contribution in [0.1, 0.15) is 43.1 Å². The zero-order valence-corrected chi connectivity index (χ0v) is 13.1. The standard InChI is InChI=1S/C12H14Cl2N2O3S/c1-6(11(17)15-7-4-2-3-5-7)19-12(18)9-8(13)10(14)20-16-9/h6-7H,2-5H2,1H3,(H,15,17). The molecule has 0 spiro atoms. The maximum atomic E-state index is 11.9. The minimum atomic E-state index is -0.889. The number of nitrogens with one attached hydrogen (secondary N) is 1. The van der Waals surface area contributed by atoms with Gasteiger partial charge in [0.15, 0.2) is 11.8 Å². The molecule has 110 valence electrons. The van der Waals surface area contributed by atoms with E-state index in [4.69, 9.17) is 27.9 Å². The lowest BCUT2D eigenvalue weighted by atomic mass is 10.2. The molecule has 20 heavy (non-hydrogen) atoms. The van der Waals surface area contributed by atoms with Crippen LogP contribution in [-0.2, 0) is 9.53 Å². The molecule has 0 bridgehead atoms. The Labute approximate surface area is 130 Å². The van der Waals surface area contributed by atoms with Gasteiger partial charge in [-0.1, -0.05) is 36.0 Å². The summed E-state index contributed by atoms with van der Waals surface area (Å²) in [5.74, 6) is -1.05. The number of aromatic nitrogens is 1. The van der Waals surface area contributed by atoms with Crippen molar-refractivity contribution in [3.63, 3.8) is 0 Å². The fourth-order valence-corrected chi connectivity index (χ4v) is 3.02. The minimum absolute atomic E-state index is 0.0535. The van der Waals surface area contributed by atoms with E-state index >= 15 is 0 Å². The number of esters is 1. The molecular formula is C12H14Cl2N2O3S. The molecule has 1 aromatic rings. The van der Waals surface area contributed by atoms with Crippen LogP contribution >= 0.6 is 34.7 Å². The van der Waals surface area contributed by atoms with Crippen LogP contribution in [0.15, 0.2) is 0 Å². The van der Waals surface area contributed by atoms with Crippen molar-refractivity contribution in [2.45, 2.75) is 44.8 Å². The summed E-state index contributed by atoms with van der Waals surface area (Å²) in [5.41, 5.74) is -0.0535. The summed E-state index contributed by atoms with van der Waals surface area (Å²) in [5, 5.41) is 2.92. The number of amides is 1. The van der Waals surface area contributed by atoms with Crippen LogP contribution in [-0.4, -0.2) is 28.4 Å². The third-order valence-corrected chi connectivity index (χ3v) is 4.76. The highest BCUT2D eigenvalue weighted by Gasteiger charge is 2.26. The third kappa shape index (κ3) is 3.62. The Balaban J connectivity index is 1.90. The molecule has 8 heteroatoms. The number of rotatable bonds is 4. The van der Waals surface area contributed by atoms with E-state index in [1.165, 1.54) is 6.92 Å². The highest BCUT2D eigenvalue weighted by Crippen LogP contribution is 2.30. The number of hydrogen-bond acceptors (Lipinski definition) is 5. The lowest BCUT2D eigenvalue weighted by Crippen LogP contribution is -2.40. The van der Waals surface area contributed by atoms with Crippen molar-refractivity contribution >= 4 is 46.6 Å². The van der Waals surface area contributed by atoms with Gasteiger partial charge in [-0.3, -0.25) is 4.79 Å². The quantitative estimate of drug-likeness (QED) is 0.858. The molecule has 1 atom stereocenters. The van der Waals surface area contributed by atoms with Crippen LogP contribution in [0.3, 0.4) is 0 Å². The topological polar surface area (TPSA) is 68.3 Å². The number of carbonyl (C=O) groups excluding carboxylic acids is 2. The van der Waals surface area contributed by atoms with E-state index in [0.29, 0.717) is 0 Å². The molecule has 1 unspecified atom stereocenters. The predicted molar refractivity (Wildman–Crippen MR) is 77.4 cm³/mol. The largest absolute Gasteiger partial charge is 0.448 e. The molecule has 0 saturated heterocycles. The summed E-state index contributed by atoms with van der Waals surface area (Å²) < 4.78 is 9.08. The second kappa shape index (κ2) is 6.74. The fourth-order valence-electron chi connectivity index (χ4n) is 2.04. The zero-order valence-electron chi connectivity index (χ0n) is 10.8. The van der Waals surface area contributed by atoms with E-state index in [9.17, 15) is 9.59 Å². The van der Waals surface area contributed by atoms with Gasteiger partial charge in [-0.25, -0.2) is 4.79 Å². The van der Waals surface area contributed by atoms with E-state index in [2.05, 4.69) is 9.69 Å². The van der Waals surface area contributed by atoms with Gasteiger partial charge in [0.1, 0.15) is 9.36 Å². The van der Waals surface area contributed by atoms with Gasteiger partial charge >= 0.3 is 5.97 Å². The van der Waals surface area contributed by atoms with E-state index < -0.39 is 12.1 Å². The first-order valence-electron chi connectivity index (χ1n) is 6.31. The SMILES string of the molecule is CC(OC(=O)c1nsc(Cl)c1Cl)C(=O)NC1CCCC1. The lowest BCUT2D eigenvalue weighted by Gasteiger charge is -2.16. The molecule has 1 amide bonds. The average molecular weight is 337 g/mol. The van der Waals surface area contributed by atoms with E-state index in [1.54, 1.807) is 0 Å². The minimum Gasteiger partial charge on any atom is -0.448 e. The van der Waals surface area contributed by atoms with Crippen LogP contribution < -0.4 is 5.32 Å². The summed E-state index contributed by atoms with van der Waals surface area (Å²) in [4.78, 5) is 23.7. The molecule has 2 rings (SSSR count). The van der Waals surface area contributed by atoms with Crippen molar-refractivity contribution in [1.82, 2.24) is 9.69 Å². The smallest absolute Gasteiger partial charge is 0.360 e. The fraction of sp³-hybridized carbons (Fsp3) is 0.583. The van der Waals surface area contributed by atoms with E-state index in [-0.39, 0.29) is 27.0 Å². The highest BCUT2D eigenvalue weighted by atomic mass is 35.5. The summed E-state index contributed by atoms with van der Waals surface area (Å²) in [6, 6.07) is 0.181. The van der Waals surface area contributed by atoms with Gasteiger partial charge in [0.05, 0.1) is 0 Å². The molecule has 5 nitrogen and oxygen atoms in total. The molecule has 1 fully saturated rings. The Morgan fingerprint density at radius 3 is 2.60 bits per heavy atom. The van der Waals surface area contributed by atoms with Gasteiger partial charge in [0.2, 0.25) is 0 Å². The first kappa shape index (κ1) is 15.5. The average Bonchev–Trinajstić information content (AvgIpc) is 3.01. The molecule has 0 aromatic carbocycles. The van der Waals surface area contributed by atoms with Gasteiger partial charge in [0, 0.05) is 6.04 Å². The Kier molecular flexibility index (Phi) is 5.23. The van der Waals surface area contributed by atoms with Crippen LogP contribution in [0.2, 0.25) is 9.36 Å². The Morgan fingerprint density at radius 2 is 2.05 bits per heavy atom.